The van der Waals surface area contributed by atoms with E-state index < -0.39 is 10.9 Å². The molecule has 0 spiro atoms. The Bertz CT molecular complexity index is 226. The van der Waals surface area contributed by atoms with Crippen LogP contribution in [0.4, 0.5) is 0 Å². The van der Waals surface area contributed by atoms with Gasteiger partial charge < -0.3 is 15.9 Å². The Morgan fingerprint density at radius 1 is 1.58 bits per heavy atom. The van der Waals surface area contributed by atoms with Gasteiger partial charge in [-0.1, -0.05) is 0 Å². The molecule has 12 heavy (non-hydrogen) atoms. The maximum absolute atomic E-state index is 9.90. The maximum atomic E-state index is 9.90. The predicted molar refractivity (Wildman–Crippen MR) is 41.3 cm³/mol. The van der Waals surface area contributed by atoms with Crippen LogP contribution in [0.5, 0.6) is 0 Å². The molecule has 6 nitrogen and oxygen atoms in total. The molecular formula is C6H10N2O4. The molecule has 0 aliphatic rings. The topological polar surface area (TPSA) is 110 Å². The summed E-state index contributed by atoms with van der Waals surface area (Å²) >= 11 is 0. The normalized spacial score (nSPS) is 8.75. The van der Waals surface area contributed by atoms with Crippen molar-refractivity contribution in [3.63, 3.8) is 0 Å². The number of aliphatic hydroxyl groups is 2. The zero-order valence-corrected chi connectivity index (χ0v) is 6.36. The van der Waals surface area contributed by atoms with Gasteiger partial charge in [0.2, 0.25) is 6.54 Å². The summed E-state index contributed by atoms with van der Waals surface area (Å²) in [6.07, 6.45) is 0.0775. The van der Waals surface area contributed by atoms with E-state index in [-0.39, 0.29) is 19.5 Å². The molecule has 0 bridgehead atoms. The monoisotopic (exact) mass is 174 g/mol. The molecule has 4 N–H and O–H groups in total. The largest absolute Gasteiger partial charge is 0.475 e. The van der Waals surface area contributed by atoms with E-state index in [9.17, 15) is 10.1 Å². The van der Waals surface area contributed by atoms with E-state index >= 15 is 0 Å². The van der Waals surface area contributed by atoms with Crippen molar-refractivity contribution >= 4 is 0 Å². The summed E-state index contributed by atoms with van der Waals surface area (Å²) in [5, 5.41) is 26.6. The minimum absolute atomic E-state index is 0.0263. The Labute approximate surface area is 68.8 Å². The van der Waals surface area contributed by atoms with Gasteiger partial charge in [-0.15, -0.1) is 0 Å². The average Bonchev–Trinajstić information content (AvgIpc) is 1.97. The lowest BCUT2D eigenvalue weighted by Crippen LogP contribution is -2.08. The third-order valence-corrected chi connectivity index (χ3v) is 1.13. The number of hydrogen-bond acceptors (Lipinski definition) is 5. The fourth-order valence-electron chi connectivity index (χ4n) is 0.600. The van der Waals surface area contributed by atoms with Crippen LogP contribution in [0.3, 0.4) is 0 Å². The molecule has 6 heteroatoms. The quantitative estimate of drug-likeness (QED) is 0.242. The summed E-state index contributed by atoms with van der Waals surface area (Å²) in [4.78, 5) is 9.39. The zero-order chi connectivity index (χ0) is 9.56. The lowest BCUT2D eigenvalue weighted by molar-refractivity contribution is -0.479. The van der Waals surface area contributed by atoms with Crippen molar-refractivity contribution in [3.8, 4) is 0 Å². The van der Waals surface area contributed by atoms with Crippen molar-refractivity contribution in [1.29, 1.82) is 0 Å². The fraction of sp³-hybridized carbons (Fsp3) is 0.500. The summed E-state index contributed by atoms with van der Waals surface area (Å²) in [5.74, 6) is -1.00. The Kier molecular flexibility index (Phi) is 4.52. The molecule has 0 rings (SSSR count). The Morgan fingerprint density at radius 3 is 2.50 bits per heavy atom. The molecule has 68 valence electrons. The van der Waals surface area contributed by atoms with Crippen molar-refractivity contribution in [2.75, 3.05) is 13.1 Å². The minimum Gasteiger partial charge on any atom is -0.475 e. The predicted octanol–water partition coefficient (Wildman–Crippen LogP) is 0.0946. The number of nitrogens with zero attached hydrogens (tertiary/aromatic N) is 1. The second kappa shape index (κ2) is 5.17. The lowest BCUT2D eigenvalue weighted by Gasteiger charge is -1.95. The molecule has 0 radical (unpaired) electrons. The highest BCUT2D eigenvalue weighted by Gasteiger charge is 2.01. The van der Waals surface area contributed by atoms with E-state index in [2.05, 4.69) is 5.73 Å². The van der Waals surface area contributed by atoms with Gasteiger partial charge >= 0.3 is 5.95 Å². The second-order valence-corrected chi connectivity index (χ2v) is 2.06. The molecule has 0 aromatic carbocycles. The van der Waals surface area contributed by atoms with Gasteiger partial charge in [0.25, 0.3) is 0 Å². The van der Waals surface area contributed by atoms with Gasteiger partial charge in [0.15, 0.2) is 0 Å². The zero-order valence-electron chi connectivity index (χ0n) is 6.36. The molecule has 0 saturated heterocycles. The SMILES string of the molecule is NCC(=C=C(O)O)CC[N+](=O)[O-]. The van der Waals surface area contributed by atoms with Crippen molar-refractivity contribution in [2.24, 2.45) is 5.73 Å². The van der Waals surface area contributed by atoms with E-state index in [4.69, 9.17) is 15.9 Å². The van der Waals surface area contributed by atoms with Crippen LogP contribution in [0.1, 0.15) is 6.42 Å². The average molecular weight is 174 g/mol. The molecule has 0 heterocycles. The first-order chi connectivity index (χ1) is 5.56. The van der Waals surface area contributed by atoms with E-state index in [1.165, 1.54) is 0 Å². The van der Waals surface area contributed by atoms with Crippen molar-refractivity contribution in [2.45, 2.75) is 6.42 Å². The Morgan fingerprint density at radius 2 is 2.17 bits per heavy atom. The van der Waals surface area contributed by atoms with E-state index in [0.29, 0.717) is 5.57 Å². The number of rotatable bonds is 4. The van der Waals surface area contributed by atoms with Gasteiger partial charge in [0, 0.05) is 17.9 Å². The summed E-state index contributed by atoms with van der Waals surface area (Å²) in [6, 6.07) is 0. The van der Waals surface area contributed by atoms with Crippen LogP contribution in [0, 0.1) is 10.1 Å². The molecule has 0 aromatic heterocycles. The first-order valence-corrected chi connectivity index (χ1v) is 3.24. The Hall–Kier alpha value is -1.52. The number of aliphatic hydroxyl groups excluding tert-OH is 1. The molecule has 0 atom stereocenters. The lowest BCUT2D eigenvalue weighted by atomic mass is 10.2. The van der Waals surface area contributed by atoms with Crippen molar-refractivity contribution < 1.29 is 15.1 Å². The van der Waals surface area contributed by atoms with Gasteiger partial charge in [-0.05, 0) is 11.3 Å². The number of nitrogens with two attached hydrogens (primary N) is 1. The van der Waals surface area contributed by atoms with E-state index in [1.54, 1.807) is 0 Å². The van der Waals surface area contributed by atoms with Crippen LogP contribution in [-0.2, 0) is 0 Å². The fourth-order valence-corrected chi connectivity index (χ4v) is 0.600. The number of hydrogen-bond donors (Lipinski definition) is 3. The van der Waals surface area contributed by atoms with E-state index in [0.717, 1.165) is 0 Å². The summed E-state index contributed by atoms with van der Waals surface area (Å²) in [7, 11) is 0. The van der Waals surface area contributed by atoms with Crippen molar-refractivity contribution in [3.05, 3.63) is 27.4 Å². The molecule has 0 amide bonds. The first kappa shape index (κ1) is 10.5. The first-order valence-electron chi connectivity index (χ1n) is 3.24. The third kappa shape index (κ3) is 5.28. The van der Waals surface area contributed by atoms with Crippen LogP contribution in [0.2, 0.25) is 0 Å². The molecule has 0 aliphatic heterocycles. The molecule has 0 fully saturated rings. The standard InChI is InChI=1S/C6H10N2O4/c7-4-5(3-6(9)10)1-2-8(11)12/h9-10H,1-2,4,7H2. The highest BCUT2D eigenvalue weighted by atomic mass is 16.6. The van der Waals surface area contributed by atoms with Crippen LogP contribution in [0.25, 0.3) is 0 Å². The van der Waals surface area contributed by atoms with Crippen LogP contribution in [0.15, 0.2) is 17.2 Å². The summed E-state index contributed by atoms with van der Waals surface area (Å²) < 4.78 is 0. The third-order valence-electron chi connectivity index (χ3n) is 1.13. The maximum Gasteiger partial charge on any atom is 0.322 e. The second-order valence-electron chi connectivity index (χ2n) is 2.06. The molecule has 0 saturated carbocycles. The molecule has 0 aromatic rings. The highest BCUT2D eigenvalue weighted by molar-refractivity contribution is 5.02. The van der Waals surface area contributed by atoms with Crippen LogP contribution < -0.4 is 5.73 Å². The minimum atomic E-state index is -1.00. The summed E-state index contributed by atoms with van der Waals surface area (Å²) in [5.41, 5.74) is 7.56. The van der Waals surface area contributed by atoms with Crippen LogP contribution >= 0.6 is 0 Å². The molecule has 0 aliphatic carbocycles. The summed E-state index contributed by atoms with van der Waals surface area (Å²) in [6.45, 7) is -0.259. The molecule has 0 unspecified atom stereocenters. The van der Waals surface area contributed by atoms with Gasteiger partial charge in [-0.3, -0.25) is 10.1 Å². The Balaban J connectivity index is 4.20. The van der Waals surface area contributed by atoms with Gasteiger partial charge in [-0.25, -0.2) is 0 Å². The van der Waals surface area contributed by atoms with Gasteiger partial charge in [0.1, 0.15) is 0 Å². The van der Waals surface area contributed by atoms with Gasteiger partial charge in [-0.2, -0.15) is 0 Å². The van der Waals surface area contributed by atoms with Gasteiger partial charge in [0.05, 0.1) is 0 Å². The number of nitro groups is 1. The smallest absolute Gasteiger partial charge is 0.322 e. The highest BCUT2D eigenvalue weighted by Crippen LogP contribution is 1.97. The van der Waals surface area contributed by atoms with Crippen molar-refractivity contribution in [1.82, 2.24) is 0 Å². The molecular weight excluding hydrogens is 164 g/mol. The van der Waals surface area contributed by atoms with E-state index in [1.807, 2.05) is 0 Å². The van der Waals surface area contributed by atoms with Crippen LogP contribution in [-0.4, -0.2) is 28.2 Å².